The van der Waals surface area contributed by atoms with Crippen molar-refractivity contribution in [2.75, 3.05) is 5.75 Å². The van der Waals surface area contributed by atoms with Crippen molar-refractivity contribution in [3.63, 3.8) is 0 Å². The van der Waals surface area contributed by atoms with E-state index in [2.05, 4.69) is 9.55 Å². The number of benzene rings is 1. The normalized spacial score (nSPS) is 12.5. The number of imidazole rings is 1. The molecule has 1 aliphatic heterocycles. The van der Waals surface area contributed by atoms with Crippen LogP contribution in [0.25, 0.3) is 11.3 Å². The van der Waals surface area contributed by atoms with Crippen LogP contribution in [0.2, 0.25) is 0 Å². The van der Waals surface area contributed by atoms with E-state index in [9.17, 15) is 10.1 Å². The zero-order valence-corrected chi connectivity index (χ0v) is 11.7. The van der Waals surface area contributed by atoms with Crippen LogP contribution in [0.5, 0.6) is 0 Å². The molecule has 100 valence electrons. The van der Waals surface area contributed by atoms with Crippen LogP contribution >= 0.6 is 11.8 Å². The molecule has 1 aromatic carbocycles. The Morgan fingerprint density at radius 2 is 2.21 bits per heavy atom. The lowest BCUT2D eigenvalue weighted by Crippen LogP contribution is -1.90. The summed E-state index contributed by atoms with van der Waals surface area (Å²) >= 11 is 1.71. The van der Waals surface area contributed by atoms with Crippen molar-refractivity contribution < 1.29 is 4.92 Å². The van der Waals surface area contributed by atoms with Gasteiger partial charge in [-0.1, -0.05) is 37.7 Å². The zero-order valence-electron chi connectivity index (χ0n) is 10.9. The standard InChI is InChI=1S/C11H9N3O2S.C2H6/c15-14(16)9-3-1-2-8(6-9)10-7-13-4-5-17-11(13)12-10;1-2/h1-3,6-7H,4-5H2;1-2H3. The fourth-order valence-electron chi connectivity index (χ4n) is 1.83. The molecule has 6 heteroatoms. The molecule has 0 atom stereocenters. The van der Waals surface area contributed by atoms with Gasteiger partial charge in [0.05, 0.1) is 10.6 Å². The lowest BCUT2D eigenvalue weighted by atomic mass is 10.1. The Hall–Kier alpha value is -1.82. The van der Waals surface area contributed by atoms with Gasteiger partial charge in [-0.15, -0.1) is 0 Å². The molecule has 0 spiro atoms. The van der Waals surface area contributed by atoms with Crippen molar-refractivity contribution in [1.29, 1.82) is 0 Å². The third-order valence-electron chi connectivity index (χ3n) is 2.66. The van der Waals surface area contributed by atoms with Crippen molar-refractivity contribution in [2.24, 2.45) is 0 Å². The third-order valence-corrected chi connectivity index (χ3v) is 3.63. The van der Waals surface area contributed by atoms with Gasteiger partial charge >= 0.3 is 0 Å². The summed E-state index contributed by atoms with van der Waals surface area (Å²) in [4.78, 5) is 14.8. The van der Waals surface area contributed by atoms with Crippen molar-refractivity contribution in [1.82, 2.24) is 9.55 Å². The second kappa shape index (κ2) is 5.88. The van der Waals surface area contributed by atoms with Crippen LogP contribution in [0.15, 0.2) is 35.6 Å². The minimum Gasteiger partial charge on any atom is -0.325 e. The number of non-ortho nitro benzene ring substituents is 1. The first-order valence-electron chi connectivity index (χ1n) is 6.19. The van der Waals surface area contributed by atoms with E-state index in [0.717, 1.165) is 28.7 Å². The molecule has 0 unspecified atom stereocenters. The Morgan fingerprint density at radius 1 is 1.42 bits per heavy atom. The number of hydrogen-bond donors (Lipinski definition) is 0. The molecule has 0 radical (unpaired) electrons. The minimum absolute atomic E-state index is 0.100. The van der Waals surface area contributed by atoms with E-state index in [-0.39, 0.29) is 10.6 Å². The summed E-state index contributed by atoms with van der Waals surface area (Å²) in [6.07, 6.45) is 1.95. The molecule has 0 fully saturated rings. The van der Waals surface area contributed by atoms with Gasteiger partial charge in [0, 0.05) is 36.2 Å². The van der Waals surface area contributed by atoms with E-state index in [1.54, 1.807) is 23.9 Å². The molecular formula is C13H15N3O2S. The molecule has 2 heterocycles. The molecule has 19 heavy (non-hydrogen) atoms. The molecule has 5 nitrogen and oxygen atoms in total. The van der Waals surface area contributed by atoms with Gasteiger partial charge in [0.1, 0.15) is 0 Å². The second-order valence-electron chi connectivity index (χ2n) is 3.76. The van der Waals surface area contributed by atoms with Crippen LogP contribution in [-0.4, -0.2) is 20.2 Å². The molecule has 0 saturated carbocycles. The maximum absolute atomic E-state index is 10.7. The highest BCUT2D eigenvalue weighted by Crippen LogP contribution is 2.30. The second-order valence-corrected chi connectivity index (χ2v) is 4.82. The first kappa shape index (κ1) is 13.6. The number of aryl methyl sites for hydroxylation is 1. The summed E-state index contributed by atoms with van der Waals surface area (Å²) in [6.45, 7) is 4.96. The summed E-state index contributed by atoms with van der Waals surface area (Å²) in [5.41, 5.74) is 1.70. The Labute approximate surface area is 115 Å². The van der Waals surface area contributed by atoms with E-state index >= 15 is 0 Å². The van der Waals surface area contributed by atoms with Crippen molar-refractivity contribution in [3.8, 4) is 11.3 Å². The highest BCUT2D eigenvalue weighted by atomic mass is 32.2. The van der Waals surface area contributed by atoms with E-state index in [1.807, 2.05) is 26.1 Å². The predicted octanol–water partition coefficient (Wildman–Crippen LogP) is 3.59. The molecule has 0 amide bonds. The summed E-state index contributed by atoms with van der Waals surface area (Å²) < 4.78 is 2.08. The van der Waals surface area contributed by atoms with Crippen LogP contribution < -0.4 is 0 Å². The van der Waals surface area contributed by atoms with Crippen molar-refractivity contribution in [2.45, 2.75) is 25.5 Å². The smallest absolute Gasteiger partial charge is 0.270 e. The molecule has 3 rings (SSSR count). The van der Waals surface area contributed by atoms with E-state index in [4.69, 9.17) is 0 Å². The summed E-state index contributed by atoms with van der Waals surface area (Å²) in [5.74, 6) is 1.05. The number of fused-ring (bicyclic) bond motifs is 1. The Kier molecular flexibility index (Phi) is 4.21. The fourth-order valence-corrected chi connectivity index (χ4v) is 2.77. The van der Waals surface area contributed by atoms with Crippen molar-refractivity contribution >= 4 is 17.4 Å². The average molecular weight is 277 g/mol. The molecule has 0 saturated heterocycles. The Bertz CT molecular complexity index is 574. The highest BCUT2D eigenvalue weighted by Gasteiger charge is 2.16. The molecule has 0 aliphatic carbocycles. The minimum atomic E-state index is -0.387. The van der Waals surface area contributed by atoms with Crippen LogP contribution in [0.3, 0.4) is 0 Å². The lowest BCUT2D eigenvalue weighted by molar-refractivity contribution is -0.384. The fraction of sp³-hybridized carbons (Fsp3) is 0.308. The topological polar surface area (TPSA) is 61.0 Å². The first-order valence-corrected chi connectivity index (χ1v) is 7.17. The van der Waals surface area contributed by atoms with Gasteiger partial charge in [-0.2, -0.15) is 0 Å². The molecule has 0 N–H and O–H groups in total. The first-order chi connectivity index (χ1) is 9.24. The number of nitro groups is 1. The molecular weight excluding hydrogens is 262 g/mol. The maximum atomic E-state index is 10.7. The number of nitrogens with zero attached hydrogens (tertiary/aromatic N) is 3. The number of aromatic nitrogens is 2. The number of hydrogen-bond acceptors (Lipinski definition) is 4. The van der Waals surface area contributed by atoms with Crippen LogP contribution in [0.4, 0.5) is 5.69 Å². The van der Waals surface area contributed by atoms with Gasteiger partial charge in [0.25, 0.3) is 5.69 Å². The van der Waals surface area contributed by atoms with Gasteiger partial charge in [-0.05, 0) is 0 Å². The lowest BCUT2D eigenvalue weighted by Gasteiger charge is -1.96. The quantitative estimate of drug-likeness (QED) is 0.621. The van der Waals surface area contributed by atoms with Crippen LogP contribution in [-0.2, 0) is 6.54 Å². The SMILES string of the molecule is CC.O=[N+]([O-])c1cccc(-c2cn3c(n2)SCC3)c1. The molecule has 1 aliphatic rings. The van der Waals surface area contributed by atoms with Gasteiger partial charge in [0.15, 0.2) is 5.16 Å². The number of thioether (sulfide) groups is 1. The zero-order chi connectivity index (χ0) is 13.8. The van der Waals surface area contributed by atoms with E-state index < -0.39 is 0 Å². The molecule has 2 aromatic rings. The van der Waals surface area contributed by atoms with Crippen LogP contribution in [0, 0.1) is 10.1 Å². The maximum Gasteiger partial charge on any atom is 0.270 e. The van der Waals surface area contributed by atoms with E-state index in [1.165, 1.54) is 6.07 Å². The summed E-state index contributed by atoms with van der Waals surface area (Å²) in [5, 5.41) is 11.7. The highest BCUT2D eigenvalue weighted by molar-refractivity contribution is 7.99. The van der Waals surface area contributed by atoms with Gasteiger partial charge in [0.2, 0.25) is 0 Å². The van der Waals surface area contributed by atoms with Crippen molar-refractivity contribution in [3.05, 3.63) is 40.6 Å². The average Bonchev–Trinajstić information content (AvgIpc) is 3.02. The molecule has 0 bridgehead atoms. The van der Waals surface area contributed by atoms with Gasteiger partial charge in [-0.25, -0.2) is 4.98 Å². The van der Waals surface area contributed by atoms with Gasteiger partial charge in [-0.3, -0.25) is 10.1 Å². The molecule has 1 aromatic heterocycles. The summed E-state index contributed by atoms with van der Waals surface area (Å²) in [6, 6.07) is 6.57. The number of rotatable bonds is 2. The predicted molar refractivity (Wildman–Crippen MR) is 76.4 cm³/mol. The Morgan fingerprint density at radius 3 is 2.89 bits per heavy atom. The van der Waals surface area contributed by atoms with Crippen LogP contribution in [0.1, 0.15) is 13.8 Å². The number of nitro benzene ring substituents is 1. The Balaban J connectivity index is 0.000000637. The van der Waals surface area contributed by atoms with E-state index in [0.29, 0.717) is 0 Å². The largest absolute Gasteiger partial charge is 0.325 e. The summed E-state index contributed by atoms with van der Waals surface area (Å²) in [7, 11) is 0. The third kappa shape index (κ3) is 2.78. The van der Waals surface area contributed by atoms with Gasteiger partial charge < -0.3 is 4.57 Å². The monoisotopic (exact) mass is 277 g/mol.